The van der Waals surface area contributed by atoms with Crippen LogP contribution in [0.4, 0.5) is 20.2 Å². The van der Waals surface area contributed by atoms with E-state index in [4.69, 9.17) is 23.2 Å². The summed E-state index contributed by atoms with van der Waals surface area (Å²) >= 11 is 11.7. The van der Waals surface area contributed by atoms with Gasteiger partial charge in [0.15, 0.2) is 0 Å². The van der Waals surface area contributed by atoms with Gasteiger partial charge in [0, 0.05) is 11.4 Å². The van der Waals surface area contributed by atoms with E-state index >= 15 is 0 Å². The molecule has 0 bridgehead atoms. The first-order valence-corrected chi connectivity index (χ1v) is 8.07. The highest BCUT2D eigenvalue weighted by molar-refractivity contribution is 6.52. The Labute approximate surface area is 152 Å². The van der Waals surface area contributed by atoms with Crippen LogP contribution >= 0.6 is 23.2 Å². The van der Waals surface area contributed by atoms with Gasteiger partial charge < -0.3 is 10.6 Å². The van der Waals surface area contributed by atoms with E-state index in [2.05, 4.69) is 10.6 Å². The maximum Gasteiger partial charge on any atom is 0.258 e. The highest BCUT2D eigenvalue weighted by Crippen LogP contribution is 2.53. The third-order valence-corrected chi connectivity index (χ3v) is 4.56. The van der Waals surface area contributed by atoms with Gasteiger partial charge in [0.05, 0.1) is 11.5 Å². The molecule has 0 radical (unpaired) electrons. The first-order chi connectivity index (χ1) is 11.8. The standard InChI is InChI=1S/C17H12Cl2F2N2O2/c18-17(19)8-13(17)16(25)23-11-5-6-14(21)12(7-11)15(24)22-10-3-1-9(20)2-4-10/h1-7,13H,8H2,(H,22,24)(H,23,25). The summed E-state index contributed by atoms with van der Waals surface area (Å²) in [6.07, 6.45) is 0.334. The molecule has 0 aromatic heterocycles. The van der Waals surface area contributed by atoms with Crippen molar-refractivity contribution in [3.63, 3.8) is 0 Å². The van der Waals surface area contributed by atoms with Gasteiger partial charge in [-0.3, -0.25) is 9.59 Å². The van der Waals surface area contributed by atoms with Gasteiger partial charge in [-0.2, -0.15) is 0 Å². The Morgan fingerprint density at radius 2 is 1.60 bits per heavy atom. The summed E-state index contributed by atoms with van der Waals surface area (Å²) in [5, 5.41) is 5.00. The lowest BCUT2D eigenvalue weighted by Crippen LogP contribution is -2.18. The Bertz CT molecular complexity index is 841. The minimum absolute atomic E-state index is 0.242. The summed E-state index contributed by atoms with van der Waals surface area (Å²) in [7, 11) is 0. The quantitative estimate of drug-likeness (QED) is 0.769. The van der Waals surface area contributed by atoms with Crippen LogP contribution in [0.1, 0.15) is 16.8 Å². The van der Waals surface area contributed by atoms with Crippen LogP contribution in [0.3, 0.4) is 0 Å². The Kier molecular flexibility index (Phi) is 4.67. The van der Waals surface area contributed by atoms with Gasteiger partial charge in [0.25, 0.3) is 5.91 Å². The van der Waals surface area contributed by atoms with E-state index in [1.807, 2.05) is 0 Å². The molecular formula is C17H12Cl2F2N2O2. The van der Waals surface area contributed by atoms with Crippen LogP contribution in [-0.2, 0) is 4.79 Å². The zero-order valence-electron chi connectivity index (χ0n) is 12.7. The molecule has 25 heavy (non-hydrogen) atoms. The highest BCUT2D eigenvalue weighted by atomic mass is 35.5. The van der Waals surface area contributed by atoms with E-state index in [-0.39, 0.29) is 11.3 Å². The van der Waals surface area contributed by atoms with E-state index in [0.29, 0.717) is 12.1 Å². The molecule has 0 aliphatic heterocycles. The van der Waals surface area contributed by atoms with Crippen LogP contribution in [0, 0.1) is 17.6 Å². The molecule has 0 spiro atoms. The van der Waals surface area contributed by atoms with E-state index in [1.165, 1.54) is 36.4 Å². The molecule has 1 atom stereocenters. The summed E-state index contributed by atoms with van der Waals surface area (Å²) < 4.78 is 25.7. The number of halogens is 4. The van der Waals surface area contributed by atoms with E-state index in [9.17, 15) is 18.4 Å². The maximum atomic E-state index is 13.9. The molecule has 2 N–H and O–H groups in total. The summed E-state index contributed by atoms with van der Waals surface area (Å²) in [4.78, 5) is 24.2. The summed E-state index contributed by atoms with van der Waals surface area (Å²) in [5.74, 6) is -2.88. The Morgan fingerprint density at radius 1 is 1.00 bits per heavy atom. The first kappa shape index (κ1) is 17.6. The number of hydrogen-bond donors (Lipinski definition) is 2. The number of amides is 2. The van der Waals surface area contributed by atoms with Crippen molar-refractivity contribution < 1.29 is 18.4 Å². The smallest absolute Gasteiger partial charge is 0.258 e. The van der Waals surface area contributed by atoms with Crippen molar-refractivity contribution in [2.24, 2.45) is 5.92 Å². The van der Waals surface area contributed by atoms with Gasteiger partial charge in [0.1, 0.15) is 16.0 Å². The second-order valence-electron chi connectivity index (χ2n) is 5.66. The minimum atomic E-state index is -1.08. The number of carbonyl (C=O) groups excluding carboxylic acids is 2. The van der Waals surface area contributed by atoms with E-state index in [0.717, 1.165) is 6.07 Å². The van der Waals surface area contributed by atoms with Crippen LogP contribution in [0.15, 0.2) is 42.5 Å². The number of alkyl halides is 2. The van der Waals surface area contributed by atoms with Crippen LogP contribution in [0.5, 0.6) is 0 Å². The number of rotatable bonds is 4. The molecule has 130 valence electrons. The molecule has 4 nitrogen and oxygen atoms in total. The molecule has 0 heterocycles. The maximum absolute atomic E-state index is 13.9. The van der Waals surface area contributed by atoms with Gasteiger partial charge in [-0.15, -0.1) is 23.2 Å². The lowest BCUT2D eigenvalue weighted by molar-refractivity contribution is -0.117. The molecular weight excluding hydrogens is 373 g/mol. The first-order valence-electron chi connectivity index (χ1n) is 7.31. The molecule has 1 aliphatic carbocycles. The van der Waals surface area contributed by atoms with Crippen molar-refractivity contribution in [1.82, 2.24) is 0 Å². The molecule has 8 heteroatoms. The lowest BCUT2D eigenvalue weighted by atomic mass is 10.1. The van der Waals surface area contributed by atoms with Gasteiger partial charge in [-0.1, -0.05) is 0 Å². The Hall–Kier alpha value is -2.18. The van der Waals surface area contributed by atoms with Crippen LogP contribution in [0.25, 0.3) is 0 Å². The molecule has 2 aromatic rings. The predicted octanol–water partition coefficient (Wildman–Crippen LogP) is 4.35. The summed E-state index contributed by atoms with van der Waals surface area (Å²) in [5.41, 5.74) is 0.292. The number of benzene rings is 2. The topological polar surface area (TPSA) is 58.2 Å². The normalized spacial score (nSPS) is 17.7. The van der Waals surface area contributed by atoms with Crippen molar-refractivity contribution in [2.75, 3.05) is 10.6 Å². The molecule has 1 fully saturated rings. The van der Waals surface area contributed by atoms with Crippen LogP contribution in [0.2, 0.25) is 0 Å². The molecule has 3 rings (SSSR count). The average molecular weight is 385 g/mol. The minimum Gasteiger partial charge on any atom is -0.326 e. The van der Waals surface area contributed by atoms with Crippen LogP contribution < -0.4 is 10.6 Å². The van der Waals surface area contributed by atoms with Crippen molar-refractivity contribution in [3.8, 4) is 0 Å². The highest BCUT2D eigenvalue weighted by Gasteiger charge is 2.56. The third-order valence-electron chi connectivity index (χ3n) is 3.72. The fourth-order valence-electron chi connectivity index (χ4n) is 2.24. The molecule has 1 saturated carbocycles. The number of nitrogens with one attached hydrogen (secondary N) is 2. The summed E-state index contributed by atoms with van der Waals surface area (Å²) in [6, 6.07) is 8.64. The zero-order chi connectivity index (χ0) is 18.2. The van der Waals surface area contributed by atoms with Gasteiger partial charge in [0.2, 0.25) is 5.91 Å². The lowest BCUT2D eigenvalue weighted by Gasteiger charge is -2.10. The van der Waals surface area contributed by atoms with Crippen molar-refractivity contribution in [1.29, 1.82) is 0 Å². The number of carbonyl (C=O) groups is 2. The van der Waals surface area contributed by atoms with Crippen molar-refractivity contribution in [3.05, 3.63) is 59.7 Å². The third kappa shape index (κ3) is 4.08. The number of hydrogen-bond acceptors (Lipinski definition) is 2. The van der Waals surface area contributed by atoms with Crippen LogP contribution in [-0.4, -0.2) is 16.1 Å². The Balaban J connectivity index is 1.73. The average Bonchev–Trinajstić information content (AvgIpc) is 3.20. The Morgan fingerprint density at radius 3 is 2.20 bits per heavy atom. The predicted molar refractivity (Wildman–Crippen MR) is 91.9 cm³/mol. The van der Waals surface area contributed by atoms with E-state index < -0.39 is 33.7 Å². The molecule has 0 saturated heterocycles. The number of anilines is 2. The monoisotopic (exact) mass is 384 g/mol. The van der Waals surface area contributed by atoms with Gasteiger partial charge in [-0.25, -0.2) is 8.78 Å². The second kappa shape index (κ2) is 6.61. The van der Waals surface area contributed by atoms with Crippen molar-refractivity contribution in [2.45, 2.75) is 10.8 Å². The molecule has 1 unspecified atom stereocenters. The molecule has 1 aliphatic rings. The van der Waals surface area contributed by atoms with E-state index in [1.54, 1.807) is 0 Å². The fraction of sp³-hybridized carbons (Fsp3) is 0.176. The molecule has 2 amide bonds. The summed E-state index contributed by atoms with van der Waals surface area (Å²) in [6.45, 7) is 0. The second-order valence-corrected chi connectivity index (χ2v) is 7.21. The molecule has 2 aromatic carbocycles. The zero-order valence-corrected chi connectivity index (χ0v) is 14.2. The van der Waals surface area contributed by atoms with Gasteiger partial charge >= 0.3 is 0 Å². The SMILES string of the molecule is O=C(Nc1ccc(F)cc1)c1cc(NC(=O)C2CC2(Cl)Cl)ccc1F. The largest absolute Gasteiger partial charge is 0.326 e. The van der Waals surface area contributed by atoms with Crippen molar-refractivity contribution >= 4 is 46.4 Å². The van der Waals surface area contributed by atoms with Gasteiger partial charge in [-0.05, 0) is 48.9 Å². The fourth-order valence-corrected chi connectivity index (χ4v) is 2.74.